The molecule has 1 rings (SSSR count). The molecule has 0 heterocycles. The van der Waals surface area contributed by atoms with E-state index in [1.807, 2.05) is 0 Å². The van der Waals surface area contributed by atoms with E-state index in [0.717, 1.165) is 0 Å². The minimum Gasteiger partial charge on any atom is -0.297 e. The number of carbonyl (C=O) groups is 4. The number of Topliss-reactive ketones (excluding diaryl/α,β-unsaturated/α-hetero) is 2. The van der Waals surface area contributed by atoms with E-state index >= 15 is 0 Å². The first kappa shape index (κ1) is 9.35. The third kappa shape index (κ3) is 0.850. The Hall–Kier alpha value is -0.740. The van der Waals surface area contributed by atoms with Gasteiger partial charge in [0.05, 0.1) is 6.42 Å². The van der Waals surface area contributed by atoms with Gasteiger partial charge in [0.1, 0.15) is 0 Å². The number of halogens is 2. The van der Waals surface area contributed by atoms with Crippen molar-refractivity contribution in [1.29, 1.82) is 0 Å². The van der Waals surface area contributed by atoms with Crippen LogP contribution in [0.25, 0.3) is 0 Å². The van der Waals surface area contributed by atoms with Crippen molar-refractivity contribution in [2.75, 3.05) is 0 Å². The molecular formula is C6H2Cl2O4. The van der Waals surface area contributed by atoms with Crippen LogP contribution in [-0.2, 0) is 19.2 Å². The van der Waals surface area contributed by atoms with Gasteiger partial charge in [-0.15, -0.1) is 0 Å². The molecule has 0 aliphatic heterocycles. The van der Waals surface area contributed by atoms with E-state index in [9.17, 15) is 19.2 Å². The highest BCUT2D eigenvalue weighted by Gasteiger charge is 2.64. The molecule has 0 unspecified atom stereocenters. The Kier molecular flexibility index (Phi) is 2.06. The van der Waals surface area contributed by atoms with Gasteiger partial charge in [0.25, 0.3) is 10.5 Å². The molecule has 4 nitrogen and oxygen atoms in total. The number of ketones is 2. The fraction of sp³-hybridized carbons (Fsp3) is 0.333. The zero-order valence-electron chi connectivity index (χ0n) is 5.60. The van der Waals surface area contributed by atoms with Gasteiger partial charge in [0.2, 0.25) is 5.41 Å². The van der Waals surface area contributed by atoms with Gasteiger partial charge in [0.15, 0.2) is 11.6 Å². The Morgan fingerprint density at radius 1 is 1.08 bits per heavy atom. The predicted molar refractivity (Wildman–Crippen MR) is 38.8 cm³/mol. The number of hydrogen-bond acceptors (Lipinski definition) is 4. The normalized spacial score (nSPS) is 20.2. The van der Waals surface area contributed by atoms with Crippen LogP contribution in [0.15, 0.2) is 0 Å². The molecule has 0 atom stereocenters. The minimum absolute atomic E-state index is 0.448. The molecule has 1 aliphatic rings. The van der Waals surface area contributed by atoms with Gasteiger partial charge in [-0.3, -0.25) is 19.2 Å². The van der Waals surface area contributed by atoms with Gasteiger partial charge in [-0.1, -0.05) is 0 Å². The molecular weight excluding hydrogens is 207 g/mol. The molecule has 1 fully saturated rings. The summed E-state index contributed by atoms with van der Waals surface area (Å²) < 4.78 is 0. The summed E-state index contributed by atoms with van der Waals surface area (Å²) in [5.74, 6) is -1.65. The second-order valence-corrected chi connectivity index (χ2v) is 3.01. The summed E-state index contributed by atoms with van der Waals surface area (Å²) in [7, 11) is 0. The monoisotopic (exact) mass is 208 g/mol. The first-order chi connectivity index (χ1) is 5.44. The average molecular weight is 209 g/mol. The van der Waals surface area contributed by atoms with Gasteiger partial charge in [-0.25, -0.2) is 0 Å². The van der Waals surface area contributed by atoms with Crippen LogP contribution in [0.3, 0.4) is 0 Å². The smallest absolute Gasteiger partial charge is 0.251 e. The molecule has 0 N–H and O–H groups in total. The van der Waals surface area contributed by atoms with Crippen molar-refractivity contribution in [3.05, 3.63) is 0 Å². The summed E-state index contributed by atoms with van der Waals surface area (Å²) in [4.78, 5) is 42.9. The largest absolute Gasteiger partial charge is 0.297 e. The molecule has 0 aromatic heterocycles. The van der Waals surface area contributed by atoms with Gasteiger partial charge < -0.3 is 0 Å². The second-order valence-electron chi connectivity index (χ2n) is 2.32. The fourth-order valence-corrected chi connectivity index (χ4v) is 1.62. The molecule has 0 amide bonds. The van der Waals surface area contributed by atoms with E-state index in [1.54, 1.807) is 0 Å². The van der Waals surface area contributed by atoms with E-state index in [0.29, 0.717) is 0 Å². The molecule has 0 spiro atoms. The Balaban J connectivity index is 3.20. The van der Waals surface area contributed by atoms with E-state index < -0.39 is 33.9 Å². The average Bonchev–Trinajstić information content (AvgIpc) is 1.84. The molecule has 0 aromatic rings. The topological polar surface area (TPSA) is 68.3 Å². The molecule has 1 saturated carbocycles. The van der Waals surface area contributed by atoms with Crippen LogP contribution in [-0.4, -0.2) is 22.1 Å². The van der Waals surface area contributed by atoms with E-state index in [1.165, 1.54) is 0 Å². The SMILES string of the molecule is O=C(Cl)C1(C(=O)Cl)C(=O)CC1=O. The molecule has 0 saturated heterocycles. The van der Waals surface area contributed by atoms with Crippen molar-refractivity contribution in [2.24, 2.45) is 5.41 Å². The third-order valence-electron chi connectivity index (χ3n) is 1.75. The maximum absolute atomic E-state index is 10.8. The standard InChI is InChI=1S/C6H2Cl2O4/c7-4(11)6(5(8)12)2(9)1-3(6)10/h1H2. The lowest BCUT2D eigenvalue weighted by Gasteiger charge is -2.30. The zero-order chi connectivity index (χ0) is 9.52. The van der Waals surface area contributed by atoms with Gasteiger partial charge >= 0.3 is 0 Å². The maximum atomic E-state index is 10.8. The first-order valence-electron chi connectivity index (χ1n) is 2.90. The van der Waals surface area contributed by atoms with Crippen molar-refractivity contribution in [1.82, 2.24) is 0 Å². The zero-order valence-corrected chi connectivity index (χ0v) is 7.11. The third-order valence-corrected chi connectivity index (χ3v) is 2.31. The van der Waals surface area contributed by atoms with Crippen molar-refractivity contribution < 1.29 is 19.2 Å². The molecule has 0 aromatic carbocycles. The van der Waals surface area contributed by atoms with Crippen molar-refractivity contribution in [3.63, 3.8) is 0 Å². The van der Waals surface area contributed by atoms with Crippen molar-refractivity contribution in [2.45, 2.75) is 6.42 Å². The maximum Gasteiger partial charge on any atom is 0.251 e. The van der Waals surface area contributed by atoms with E-state index in [2.05, 4.69) is 0 Å². The molecule has 12 heavy (non-hydrogen) atoms. The molecule has 64 valence electrons. The first-order valence-corrected chi connectivity index (χ1v) is 3.66. The Labute approximate surface area is 76.8 Å². The Morgan fingerprint density at radius 3 is 1.50 bits per heavy atom. The summed E-state index contributed by atoms with van der Waals surface area (Å²) in [5, 5.41) is -2.63. The predicted octanol–water partition coefficient (Wildman–Crippen LogP) is 0.0455. The highest BCUT2D eigenvalue weighted by atomic mass is 35.5. The quantitative estimate of drug-likeness (QED) is 0.475. The van der Waals surface area contributed by atoms with Crippen LogP contribution in [0.5, 0.6) is 0 Å². The summed E-state index contributed by atoms with van der Waals surface area (Å²) in [6.45, 7) is 0. The van der Waals surface area contributed by atoms with Gasteiger partial charge in [-0.05, 0) is 23.2 Å². The number of rotatable bonds is 2. The Morgan fingerprint density at radius 2 is 1.42 bits per heavy atom. The second kappa shape index (κ2) is 2.64. The number of carbonyl (C=O) groups excluding carboxylic acids is 4. The van der Waals surface area contributed by atoms with Crippen LogP contribution in [0, 0.1) is 5.41 Å². The Bertz CT molecular complexity index is 257. The van der Waals surface area contributed by atoms with Crippen LogP contribution in [0.4, 0.5) is 0 Å². The van der Waals surface area contributed by atoms with Crippen LogP contribution < -0.4 is 0 Å². The lowest BCUT2D eigenvalue weighted by atomic mass is 9.68. The molecule has 0 radical (unpaired) electrons. The summed E-state index contributed by atoms with van der Waals surface area (Å²) in [6.07, 6.45) is -0.448. The highest BCUT2D eigenvalue weighted by Crippen LogP contribution is 2.37. The van der Waals surface area contributed by atoms with Gasteiger partial charge in [0, 0.05) is 0 Å². The summed E-state index contributed by atoms with van der Waals surface area (Å²) >= 11 is 9.87. The van der Waals surface area contributed by atoms with Crippen LogP contribution in [0.2, 0.25) is 0 Å². The molecule has 1 aliphatic carbocycles. The summed E-state index contributed by atoms with van der Waals surface area (Å²) in [6, 6.07) is 0. The van der Waals surface area contributed by atoms with Crippen molar-refractivity contribution in [3.8, 4) is 0 Å². The van der Waals surface area contributed by atoms with Crippen molar-refractivity contribution >= 4 is 45.3 Å². The molecule has 6 heteroatoms. The van der Waals surface area contributed by atoms with E-state index in [4.69, 9.17) is 23.2 Å². The summed E-state index contributed by atoms with van der Waals surface area (Å²) in [5.41, 5.74) is -2.39. The lowest BCUT2D eigenvalue weighted by molar-refractivity contribution is -0.158. The van der Waals surface area contributed by atoms with Crippen LogP contribution >= 0.6 is 23.2 Å². The lowest BCUT2D eigenvalue weighted by Crippen LogP contribution is -2.58. The fourth-order valence-electron chi connectivity index (χ4n) is 0.976. The van der Waals surface area contributed by atoms with Crippen LogP contribution in [0.1, 0.15) is 6.42 Å². The number of hydrogen-bond donors (Lipinski definition) is 0. The van der Waals surface area contributed by atoms with Gasteiger partial charge in [-0.2, -0.15) is 0 Å². The highest BCUT2D eigenvalue weighted by molar-refractivity contribution is 6.83. The molecule has 0 bridgehead atoms. The van der Waals surface area contributed by atoms with E-state index in [-0.39, 0.29) is 0 Å². The minimum atomic E-state index is -2.39.